The Labute approximate surface area is 146 Å². The van der Waals surface area contributed by atoms with Crippen LogP contribution in [-0.4, -0.2) is 32.3 Å². The Morgan fingerprint density at radius 2 is 1.92 bits per heavy atom. The number of aromatic nitrogens is 4. The molecule has 4 rings (SSSR count). The quantitative estimate of drug-likeness (QED) is 0.737. The fourth-order valence-electron chi connectivity index (χ4n) is 3.53. The van der Waals surface area contributed by atoms with Crippen LogP contribution in [0.15, 0.2) is 41.5 Å². The van der Waals surface area contributed by atoms with Gasteiger partial charge in [-0.2, -0.15) is 0 Å². The minimum atomic E-state index is -0.116. The number of nitrogens with zero attached hydrogens (tertiary/aromatic N) is 5. The van der Waals surface area contributed by atoms with Crippen molar-refractivity contribution in [3.05, 3.63) is 58.3 Å². The standard InChI is InChI=1S/C19H23N5O/c1-15-7-6-8-16(13-15)14-24-19(25)23-12-9-20-17(18(23)21-24)22-10-4-2-3-5-11-22/h6-9,12-13H,2-5,10-11,14H2,1H3. The van der Waals surface area contributed by atoms with Gasteiger partial charge in [-0.15, -0.1) is 5.10 Å². The average molecular weight is 337 g/mol. The molecule has 1 aromatic carbocycles. The topological polar surface area (TPSA) is 55.4 Å². The van der Waals surface area contributed by atoms with Crippen LogP contribution in [0, 0.1) is 6.92 Å². The molecule has 3 heterocycles. The molecule has 1 aliphatic rings. The Morgan fingerprint density at radius 1 is 1.12 bits per heavy atom. The van der Waals surface area contributed by atoms with Crippen LogP contribution in [0.25, 0.3) is 5.65 Å². The van der Waals surface area contributed by atoms with Crippen LogP contribution in [0.4, 0.5) is 5.82 Å². The van der Waals surface area contributed by atoms with E-state index in [1.54, 1.807) is 16.8 Å². The van der Waals surface area contributed by atoms with Crippen molar-refractivity contribution in [1.29, 1.82) is 0 Å². The van der Waals surface area contributed by atoms with Gasteiger partial charge in [-0.05, 0) is 25.3 Å². The predicted molar refractivity (Wildman–Crippen MR) is 98.2 cm³/mol. The first kappa shape index (κ1) is 15.9. The van der Waals surface area contributed by atoms with Crippen molar-refractivity contribution < 1.29 is 0 Å². The smallest absolute Gasteiger partial charge is 0.350 e. The van der Waals surface area contributed by atoms with Crippen LogP contribution >= 0.6 is 0 Å². The van der Waals surface area contributed by atoms with Crippen molar-refractivity contribution in [3.8, 4) is 0 Å². The molecule has 3 aromatic rings. The van der Waals surface area contributed by atoms with Gasteiger partial charge in [0.15, 0.2) is 5.82 Å². The lowest BCUT2D eigenvalue weighted by Crippen LogP contribution is -2.26. The highest BCUT2D eigenvalue weighted by Crippen LogP contribution is 2.20. The van der Waals surface area contributed by atoms with Crippen molar-refractivity contribution in [3.63, 3.8) is 0 Å². The Balaban J connectivity index is 1.74. The van der Waals surface area contributed by atoms with Gasteiger partial charge < -0.3 is 4.90 Å². The zero-order chi connectivity index (χ0) is 17.2. The number of anilines is 1. The molecule has 6 nitrogen and oxygen atoms in total. The highest BCUT2D eigenvalue weighted by atomic mass is 16.2. The molecule has 25 heavy (non-hydrogen) atoms. The SMILES string of the molecule is Cc1cccc(Cn2nc3c(N4CCCCCC4)nccn3c2=O)c1. The third kappa shape index (κ3) is 3.16. The third-order valence-electron chi connectivity index (χ3n) is 4.80. The summed E-state index contributed by atoms with van der Waals surface area (Å²) in [5, 5.41) is 4.61. The molecule has 0 unspecified atom stereocenters. The minimum absolute atomic E-state index is 0.116. The van der Waals surface area contributed by atoms with E-state index in [4.69, 9.17) is 0 Å². The van der Waals surface area contributed by atoms with E-state index >= 15 is 0 Å². The summed E-state index contributed by atoms with van der Waals surface area (Å²) in [6, 6.07) is 8.18. The van der Waals surface area contributed by atoms with E-state index in [0.717, 1.165) is 37.3 Å². The first-order valence-electron chi connectivity index (χ1n) is 8.97. The Hall–Kier alpha value is -2.63. The fourth-order valence-corrected chi connectivity index (χ4v) is 3.53. The Bertz CT molecular complexity index is 934. The van der Waals surface area contributed by atoms with Gasteiger partial charge >= 0.3 is 5.69 Å². The van der Waals surface area contributed by atoms with Crippen LogP contribution < -0.4 is 10.6 Å². The molecule has 1 fully saturated rings. The summed E-state index contributed by atoms with van der Waals surface area (Å²) in [7, 11) is 0. The van der Waals surface area contributed by atoms with Gasteiger partial charge in [0.2, 0.25) is 5.65 Å². The molecule has 0 aliphatic carbocycles. The summed E-state index contributed by atoms with van der Waals surface area (Å²) in [5.41, 5.74) is 2.80. The van der Waals surface area contributed by atoms with Gasteiger partial charge in [-0.25, -0.2) is 18.9 Å². The molecular weight excluding hydrogens is 314 g/mol. The number of fused-ring (bicyclic) bond motifs is 1. The van der Waals surface area contributed by atoms with Crippen LogP contribution in [0.2, 0.25) is 0 Å². The summed E-state index contributed by atoms with van der Waals surface area (Å²) < 4.78 is 3.15. The molecule has 0 radical (unpaired) electrons. The normalized spacial score (nSPS) is 15.5. The van der Waals surface area contributed by atoms with Crippen LogP contribution in [0.1, 0.15) is 36.8 Å². The molecule has 0 atom stereocenters. The molecule has 2 aromatic heterocycles. The van der Waals surface area contributed by atoms with Crippen LogP contribution in [-0.2, 0) is 6.54 Å². The first-order chi connectivity index (χ1) is 12.2. The van der Waals surface area contributed by atoms with Gasteiger partial charge in [-0.3, -0.25) is 0 Å². The Kier molecular flexibility index (Phi) is 4.26. The zero-order valence-corrected chi connectivity index (χ0v) is 14.6. The molecule has 0 amide bonds. The second-order valence-electron chi connectivity index (χ2n) is 6.77. The average Bonchev–Trinajstić information content (AvgIpc) is 2.80. The first-order valence-corrected chi connectivity index (χ1v) is 8.97. The van der Waals surface area contributed by atoms with E-state index in [-0.39, 0.29) is 5.69 Å². The summed E-state index contributed by atoms with van der Waals surface area (Å²) in [5.74, 6) is 0.824. The molecule has 130 valence electrons. The molecule has 1 aliphatic heterocycles. The lowest BCUT2D eigenvalue weighted by molar-refractivity contribution is 0.658. The monoisotopic (exact) mass is 337 g/mol. The molecule has 0 saturated carbocycles. The minimum Gasteiger partial charge on any atom is -0.353 e. The lowest BCUT2D eigenvalue weighted by Gasteiger charge is -2.21. The molecule has 6 heteroatoms. The second kappa shape index (κ2) is 6.70. The Morgan fingerprint density at radius 3 is 2.68 bits per heavy atom. The van der Waals surface area contributed by atoms with Crippen molar-refractivity contribution >= 4 is 11.5 Å². The summed E-state index contributed by atoms with van der Waals surface area (Å²) in [4.78, 5) is 19.5. The van der Waals surface area contributed by atoms with Gasteiger partial charge in [0.1, 0.15) is 0 Å². The van der Waals surface area contributed by atoms with Gasteiger partial charge in [0, 0.05) is 25.5 Å². The summed E-state index contributed by atoms with van der Waals surface area (Å²) in [6.07, 6.45) is 8.25. The largest absolute Gasteiger partial charge is 0.353 e. The molecule has 0 bridgehead atoms. The zero-order valence-electron chi connectivity index (χ0n) is 14.6. The van der Waals surface area contributed by atoms with E-state index in [1.165, 1.54) is 23.1 Å². The van der Waals surface area contributed by atoms with Crippen LogP contribution in [0.5, 0.6) is 0 Å². The molecular formula is C19H23N5O. The van der Waals surface area contributed by atoms with Crippen molar-refractivity contribution in [2.75, 3.05) is 18.0 Å². The number of aryl methyl sites for hydroxylation is 1. The highest BCUT2D eigenvalue weighted by Gasteiger charge is 2.18. The molecule has 0 N–H and O–H groups in total. The summed E-state index contributed by atoms with van der Waals surface area (Å²) >= 11 is 0. The predicted octanol–water partition coefficient (Wildman–Crippen LogP) is 2.63. The van der Waals surface area contributed by atoms with Gasteiger partial charge in [0.05, 0.1) is 6.54 Å². The second-order valence-corrected chi connectivity index (χ2v) is 6.77. The number of hydrogen-bond donors (Lipinski definition) is 0. The van der Waals surface area contributed by atoms with Crippen molar-refractivity contribution in [2.45, 2.75) is 39.2 Å². The van der Waals surface area contributed by atoms with E-state index in [0.29, 0.717) is 12.2 Å². The van der Waals surface area contributed by atoms with Crippen molar-refractivity contribution in [2.24, 2.45) is 0 Å². The molecule has 1 saturated heterocycles. The maximum Gasteiger partial charge on any atom is 0.350 e. The third-order valence-corrected chi connectivity index (χ3v) is 4.80. The van der Waals surface area contributed by atoms with E-state index < -0.39 is 0 Å². The molecule has 0 spiro atoms. The number of rotatable bonds is 3. The van der Waals surface area contributed by atoms with Crippen LogP contribution in [0.3, 0.4) is 0 Å². The number of benzene rings is 1. The summed E-state index contributed by atoms with van der Waals surface area (Å²) in [6.45, 7) is 4.48. The maximum atomic E-state index is 12.7. The fraction of sp³-hybridized carbons (Fsp3) is 0.421. The van der Waals surface area contributed by atoms with E-state index in [9.17, 15) is 4.79 Å². The maximum absolute atomic E-state index is 12.7. The highest BCUT2D eigenvalue weighted by molar-refractivity contribution is 5.63. The number of hydrogen-bond acceptors (Lipinski definition) is 4. The van der Waals surface area contributed by atoms with Gasteiger partial charge in [-0.1, -0.05) is 42.7 Å². The van der Waals surface area contributed by atoms with E-state index in [2.05, 4.69) is 34.0 Å². The van der Waals surface area contributed by atoms with E-state index in [1.807, 2.05) is 12.1 Å². The van der Waals surface area contributed by atoms with Gasteiger partial charge in [0.25, 0.3) is 0 Å². The lowest BCUT2D eigenvalue weighted by atomic mass is 10.1. The van der Waals surface area contributed by atoms with Crippen molar-refractivity contribution in [1.82, 2.24) is 19.2 Å².